The Labute approximate surface area is 593 Å². The Hall–Kier alpha value is -4.80. The molecule has 0 amide bonds. The van der Waals surface area contributed by atoms with Crippen LogP contribution >= 0.6 is 15.6 Å². The number of hydrogen-bond donors (Lipinski definition) is 3. The fourth-order valence-corrected chi connectivity index (χ4v) is 11.0. The highest BCUT2D eigenvalue weighted by Crippen LogP contribution is 2.45. The number of carbonyl (C=O) groups is 4. The van der Waals surface area contributed by atoms with Crippen LogP contribution in [0.15, 0.2) is 134 Å². The number of ether oxygens (including phenoxy) is 4. The fourth-order valence-electron chi connectivity index (χ4n) is 9.39. The highest BCUT2D eigenvalue weighted by atomic mass is 31.2. The molecule has 98 heavy (non-hydrogen) atoms. The van der Waals surface area contributed by atoms with Crippen LogP contribution in [0.5, 0.6) is 0 Å². The molecule has 19 heteroatoms. The van der Waals surface area contributed by atoms with E-state index < -0.39 is 97.5 Å². The Kier molecular flexibility index (Phi) is 67.2. The second kappa shape index (κ2) is 70.6. The van der Waals surface area contributed by atoms with Crippen LogP contribution in [0.25, 0.3) is 0 Å². The van der Waals surface area contributed by atoms with E-state index in [0.29, 0.717) is 32.1 Å². The molecule has 17 nitrogen and oxygen atoms in total. The number of carbonyl (C=O) groups excluding carboxylic acids is 4. The molecule has 0 fully saturated rings. The number of phosphoric ester groups is 2. The number of unbranched alkanes of at least 4 members (excludes halogenated alkanes) is 21. The van der Waals surface area contributed by atoms with Gasteiger partial charge in [0.1, 0.15) is 19.3 Å². The maximum absolute atomic E-state index is 13.1. The van der Waals surface area contributed by atoms with Gasteiger partial charge in [-0.2, -0.15) is 0 Å². The largest absolute Gasteiger partial charge is 0.472 e. The van der Waals surface area contributed by atoms with Crippen molar-refractivity contribution < 1.29 is 80.2 Å². The van der Waals surface area contributed by atoms with Crippen LogP contribution in [-0.2, 0) is 65.4 Å². The summed E-state index contributed by atoms with van der Waals surface area (Å²) < 4.78 is 68.3. The average Bonchev–Trinajstić information content (AvgIpc) is 0.992. The molecular weight excluding hydrogens is 1280 g/mol. The topological polar surface area (TPSA) is 237 Å². The molecule has 0 radical (unpaired) electrons. The lowest BCUT2D eigenvalue weighted by Gasteiger charge is -2.21. The van der Waals surface area contributed by atoms with Gasteiger partial charge in [0.2, 0.25) is 0 Å². The van der Waals surface area contributed by atoms with Crippen molar-refractivity contribution in [1.82, 2.24) is 0 Å². The van der Waals surface area contributed by atoms with Gasteiger partial charge in [0, 0.05) is 25.7 Å². The number of esters is 4. The molecule has 5 atom stereocenters. The Balaban J connectivity index is 5.41. The van der Waals surface area contributed by atoms with Crippen LogP contribution in [0.4, 0.5) is 0 Å². The van der Waals surface area contributed by atoms with Gasteiger partial charge in [0.25, 0.3) is 0 Å². The molecule has 0 rings (SSSR count). The summed E-state index contributed by atoms with van der Waals surface area (Å²) in [4.78, 5) is 72.7. The minimum Gasteiger partial charge on any atom is -0.462 e. The van der Waals surface area contributed by atoms with Crippen LogP contribution in [0.2, 0.25) is 0 Å². The monoisotopic (exact) mass is 1410 g/mol. The van der Waals surface area contributed by atoms with Crippen molar-refractivity contribution in [3.8, 4) is 0 Å². The molecule has 0 saturated heterocycles. The summed E-state index contributed by atoms with van der Waals surface area (Å²) in [5, 5.41) is 10.6. The van der Waals surface area contributed by atoms with E-state index in [4.69, 9.17) is 37.0 Å². The van der Waals surface area contributed by atoms with Crippen molar-refractivity contribution in [2.45, 2.75) is 303 Å². The van der Waals surface area contributed by atoms with Gasteiger partial charge < -0.3 is 33.8 Å². The second-order valence-electron chi connectivity index (χ2n) is 24.5. The smallest absolute Gasteiger partial charge is 0.462 e. The van der Waals surface area contributed by atoms with E-state index in [0.717, 1.165) is 161 Å². The van der Waals surface area contributed by atoms with Crippen LogP contribution in [0.1, 0.15) is 285 Å². The molecule has 0 spiro atoms. The standard InChI is InChI=1S/C79H132O17P2/c1-5-9-13-17-21-25-29-32-34-35-36-37-39-41-45-48-52-56-60-64-77(82)90-70-75(96-79(84)66-62-58-54-50-46-42-38-33-30-26-22-18-14-10-6-2)72-94-98(87,88)92-68-73(80)67-91-97(85,86)93-71-74(95-78(83)65-61-57-53-49-43-28-24-20-16-12-8-4)69-89-76(81)63-59-55-51-47-44-40-31-27-23-19-15-11-7-3/h9-10,13-14,20-22,24-27,31-34,36-38,41,45-46,50,73-75,80H,5-8,11-12,15-19,23,28-30,35,39-40,42-44,47-49,51-72H2,1-4H3,(H,85,86)(H,87,88)/b13-9-,14-10-,24-20-,25-21-,26-22-,31-27-,34-32-,37-36-,38-33-,45-41-,50-46-. The predicted molar refractivity (Wildman–Crippen MR) is 399 cm³/mol. The van der Waals surface area contributed by atoms with Crippen LogP contribution < -0.4 is 0 Å². The first-order valence-corrected chi connectivity index (χ1v) is 40.4. The molecule has 0 aromatic carbocycles. The first-order valence-electron chi connectivity index (χ1n) is 37.4. The molecule has 560 valence electrons. The quantitative estimate of drug-likeness (QED) is 0.0169. The van der Waals surface area contributed by atoms with E-state index in [2.05, 4.69) is 161 Å². The highest BCUT2D eigenvalue weighted by molar-refractivity contribution is 7.47. The minimum absolute atomic E-state index is 0.0310. The lowest BCUT2D eigenvalue weighted by atomic mass is 10.1. The number of aliphatic hydroxyl groups excluding tert-OH is 1. The van der Waals surface area contributed by atoms with Crippen LogP contribution in [0, 0.1) is 0 Å². The zero-order valence-corrected chi connectivity index (χ0v) is 62.7. The summed E-state index contributed by atoms with van der Waals surface area (Å²) in [6.07, 6.45) is 77.5. The molecule has 0 saturated carbocycles. The fraction of sp³-hybridized carbons (Fsp3) is 0.671. The van der Waals surface area contributed by atoms with Gasteiger partial charge in [-0.05, 0) is 154 Å². The Morgan fingerprint density at radius 2 is 0.541 bits per heavy atom. The number of allylic oxidation sites excluding steroid dienone is 22. The molecule has 0 aliphatic heterocycles. The number of rotatable bonds is 69. The summed E-state index contributed by atoms with van der Waals surface area (Å²) in [5.41, 5.74) is 0. The number of phosphoric acid groups is 2. The summed E-state index contributed by atoms with van der Waals surface area (Å²) >= 11 is 0. The van der Waals surface area contributed by atoms with E-state index >= 15 is 0 Å². The van der Waals surface area contributed by atoms with Gasteiger partial charge in [-0.3, -0.25) is 37.3 Å². The third-order valence-corrected chi connectivity index (χ3v) is 17.0. The highest BCUT2D eigenvalue weighted by Gasteiger charge is 2.30. The summed E-state index contributed by atoms with van der Waals surface area (Å²) in [6.45, 7) is 4.46. The summed E-state index contributed by atoms with van der Waals surface area (Å²) in [6, 6.07) is 0. The first kappa shape index (κ1) is 93.2. The third kappa shape index (κ3) is 69.7. The van der Waals surface area contributed by atoms with Crippen molar-refractivity contribution in [3.63, 3.8) is 0 Å². The minimum atomic E-state index is -5.00. The van der Waals surface area contributed by atoms with Gasteiger partial charge in [-0.15, -0.1) is 0 Å². The molecular formula is C79H132O17P2. The average molecular weight is 1420 g/mol. The molecule has 0 aromatic heterocycles. The normalized spacial score (nSPS) is 14.7. The molecule has 0 heterocycles. The van der Waals surface area contributed by atoms with E-state index in [1.54, 1.807) is 0 Å². The first-order chi connectivity index (χ1) is 47.7. The van der Waals surface area contributed by atoms with E-state index in [1.165, 1.54) is 38.5 Å². The molecule has 0 aromatic rings. The zero-order chi connectivity index (χ0) is 71.8. The number of aliphatic hydroxyl groups is 1. The predicted octanol–water partition coefficient (Wildman–Crippen LogP) is 21.3. The van der Waals surface area contributed by atoms with Gasteiger partial charge in [0.05, 0.1) is 26.4 Å². The Morgan fingerprint density at radius 3 is 0.888 bits per heavy atom. The maximum atomic E-state index is 13.1. The summed E-state index contributed by atoms with van der Waals surface area (Å²) in [5.74, 6) is -2.28. The Morgan fingerprint density at radius 1 is 0.296 bits per heavy atom. The zero-order valence-electron chi connectivity index (χ0n) is 60.9. The van der Waals surface area contributed by atoms with Crippen molar-refractivity contribution >= 4 is 39.5 Å². The van der Waals surface area contributed by atoms with E-state index in [-0.39, 0.29) is 25.7 Å². The third-order valence-electron chi connectivity index (χ3n) is 15.1. The second-order valence-corrected chi connectivity index (χ2v) is 27.4. The Bertz CT molecular complexity index is 2380. The number of hydrogen-bond acceptors (Lipinski definition) is 15. The van der Waals surface area contributed by atoms with E-state index in [1.807, 2.05) is 0 Å². The maximum Gasteiger partial charge on any atom is 0.472 e. The van der Waals surface area contributed by atoms with Gasteiger partial charge in [0.15, 0.2) is 12.2 Å². The summed E-state index contributed by atoms with van der Waals surface area (Å²) in [7, 11) is -9.98. The lowest BCUT2D eigenvalue weighted by Crippen LogP contribution is -2.30. The van der Waals surface area contributed by atoms with Crippen molar-refractivity contribution in [2.24, 2.45) is 0 Å². The van der Waals surface area contributed by atoms with Gasteiger partial charge in [-0.25, -0.2) is 9.13 Å². The van der Waals surface area contributed by atoms with Gasteiger partial charge in [-0.1, -0.05) is 238 Å². The molecule has 0 aliphatic rings. The SMILES string of the molecule is CC/C=C\C/C=C\C/C=C\C/C=C\C/C=C\CCCCCC(=O)OCC(COP(=O)(O)OCC(O)COP(=O)(O)OCC(COC(=O)CCCCCCC/C=C\CCCCCC)OC(=O)CCCCCCC/C=C\CCCC)OC(=O)CCCC/C=C\C/C=C\C/C=C\C/C=C\CC. The van der Waals surface area contributed by atoms with Crippen molar-refractivity contribution in [1.29, 1.82) is 0 Å². The molecule has 0 bridgehead atoms. The van der Waals surface area contributed by atoms with Gasteiger partial charge >= 0.3 is 39.5 Å². The van der Waals surface area contributed by atoms with Crippen molar-refractivity contribution in [3.05, 3.63) is 134 Å². The molecule has 3 N–H and O–H groups in total. The van der Waals surface area contributed by atoms with Crippen molar-refractivity contribution in [2.75, 3.05) is 39.6 Å². The van der Waals surface area contributed by atoms with Crippen LogP contribution in [-0.4, -0.2) is 96.7 Å². The van der Waals surface area contributed by atoms with Crippen LogP contribution in [0.3, 0.4) is 0 Å². The molecule has 0 aliphatic carbocycles. The lowest BCUT2D eigenvalue weighted by molar-refractivity contribution is -0.161. The molecule has 5 unspecified atom stereocenters. The van der Waals surface area contributed by atoms with E-state index in [9.17, 15) is 43.2 Å².